The van der Waals surface area contributed by atoms with Crippen LogP contribution in [0.5, 0.6) is 0 Å². The second-order valence-corrected chi connectivity index (χ2v) is 5.96. The Bertz CT molecular complexity index is 570. The van der Waals surface area contributed by atoms with Crippen molar-refractivity contribution < 1.29 is 9.59 Å². The minimum absolute atomic E-state index is 0.170. The molecule has 1 fully saturated rings. The highest BCUT2D eigenvalue weighted by Crippen LogP contribution is 2.51. The third-order valence-electron chi connectivity index (χ3n) is 4.82. The third kappa shape index (κ3) is 1.86. The maximum Gasteiger partial charge on any atom is 0.154 e. The lowest BCUT2D eigenvalue weighted by molar-refractivity contribution is -0.136. The number of carbonyl (C=O) groups excluding carboxylic acids is 2. The zero-order valence-electron chi connectivity index (χ0n) is 11.9. The van der Waals surface area contributed by atoms with E-state index in [9.17, 15) is 9.59 Å². The van der Waals surface area contributed by atoms with E-state index in [1.165, 1.54) is 0 Å². The fourth-order valence-electron chi connectivity index (χ4n) is 3.63. The predicted octanol–water partition coefficient (Wildman–Crippen LogP) is 3.81. The molecule has 2 unspecified atom stereocenters. The first-order valence-corrected chi connectivity index (χ1v) is 7.52. The monoisotopic (exact) mass is 268 g/mol. The van der Waals surface area contributed by atoms with Crippen LogP contribution in [0.4, 0.5) is 0 Å². The predicted molar refractivity (Wildman–Crippen MR) is 79.1 cm³/mol. The molecule has 2 nitrogen and oxygen atoms in total. The number of hydrogen-bond donors (Lipinski definition) is 0. The topological polar surface area (TPSA) is 34.1 Å². The Labute approximate surface area is 119 Å². The van der Waals surface area contributed by atoms with Crippen LogP contribution in [-0.2, 0) is 9.59 Å². The molecule has 0 heterocycles. The number of carbonyl (C=O) groups is 2. The normalized spacial score (nSPS) is 28.6. The molecule has 1 aromatic rings. The van der Waals surface area contributed by atoms with Crippen molar-refractivity contribution >= 4 is 17.1 Å². The lowest BCUT2D eigenvalue weighted by Crippen LogP contribution is -2.36. The van der Waals surface area contributed by atoms with Crippen molar-refractivity contribution in [3.05, 3.63) is 42.0 Å². The van der Waals surface area contributed by atoms with Crippen LogP contribution in [0.15, 0.2) is 36.4 Å². The van der Waals surface area contributed by atoms with Gasteiger partial charge in [-0.1, -0.05) is 56.2 Å². The molecule has 1 aromatic carbocycles. The van der Waals surface area contributed by atoms with Gasteiger partial charge in [-0.3, -0.25) is 9.59 Å². The summed E-state index contributed by atoms with van der Waals surface area (Å²) in [5.74, 6) is 0.149. The van der Waals surface area contributed by atoms with Gasteiger partial charge in [0.2, 0.25) is 0 Å². The molecular weight excluding hydrogens is 248 g/mol. The van der Waals surface area contributed by atoms with Gasteiger partial charge in [-0.05, 0) is 24.0 Å². The van der Waals surface area contributed by atoms with E-state index in [1.807, 2.05) is 30.3 Å². The van der Waals surface area contributed by atoms with Gasteiger partial charge in [-0.2, -0.15) is 0 Å². The van der Waals surface area contributed by atoms with E-state index in [1.54, 1.807) is 0 Å². The van der Waals surface area contributed by atoms with Crippen molar-refractivity contribution in [2.24, 2.45) is 11.3 Å². The Hall–Kier alpha value is -1.70. The Kier molecular flexibility index (Phi) is 3.33. The largest absolute Gasteiger partial charge is 0.299 e. The fourth-order valence-corrected chi connectivity index (χ4v) is 3.63. The molecular formula is C18H20O2. The molecule has 104 valence electrons. The van der Waals surface area contributed by atoms with E-state index in [2.05, 4.69) is 13.0 Å². The smallest absolute Gasteiger partial charge is 0.154 e. The Balaban J connectivity index is 1.96. The lowest BCUT2D eigenvalue weighted by atomic mass is 9.71. The van der Waals surface area contributed by atoms with Crippen LogP contribution in [0.3, 0.4) is 0 Å². The van der Waals surface area contributed by atoms with Crippen molar-refractivity contribution in [2.45, 2.75) is 39.0 Å². The summed E-state index contributed by atoms with van der Waals surface area (Å²) in [7, 11) is 0. The highest BCUT2D eigenvalue weighted by atomic mass is 16.2. The lowest BCUT2D eigenvalue weighted by Gasteiger charge is -2.29. The van der Waals surface area contributed by atoms with E-state index < -0.39 is 5.41 Å². The zero-order chi connectivity index (χ0) is 14.2. The molecule has 2 heteroatoms. The van der Waals surface area contributed by atoms with E-state index >= 15 is 0 Å². The summed E-state index contributed by atoms with van der Waals surface area (Å²) in [6.45, 7) is 2.10. The number of unbranched alkanes of at least 4 members (excludes halogenated alkanes) is 1. The van der Waals surface area contributed by atoms with Gasteiger partial charge in [-0.25, -0.2) is 0 Å². The van der Waals surface area contributed by atoms with Crippen molar-refractivity contribution in [1.29, 1.82) is 0 Å². The minimum Gasteiger partial charge on any atom is -0.299 e. The van der Waals surface area contributed by atoms with Crippen LogP contribution in [0.2, 0.25) is 0 Å². The van der Waals surface area contributed by atoms with Crippen molar-refractivity contribution in [1.82, 2.24) is 0 Å². The Morgan fingerprint density at radius 2 is 1.95 bits per heavy atom. The second-order valence-electron chi connectivity index (χ2n) is 5.96. The van der Waals surface area contributed by atoms with Gasteiger partial charge in [0.1, 0.15) is 5.78 Å². The van der Waals surface area contributed by atoms with Gasteiger partial charge in [0.15, 0.2) is 5.78 Å². The SMILES string of the molecule is CCCCC12CC=C(c3ccccc3)C(CC1=O)C2=O. The van der Waals surface area contributed by atoms with Crippen LogP contribution in [0.25, 0.3) is 5.57 Å². The molecule has 2 bridgehead atoms. The van der Waals surface area contributed by atoms with Gasteiger partial charge in [-0.15, -0.1) is 0 Å². The second kappa shape index (κ2) is 5.01. The number of allylic oxidation sites excluding steroid dienone is 2. The molecule has 0 aromatic heterocycles. The first kappa shape index (κ1) is 13.3. The van der Waals surface area contributed by atoms with Crippen molar-refractivity contribution in [2.75, 3.05) is 0 Å². The van der Waals surface area contributed by atoms with Crippen LogP contribution < -0.4 is 0 Å². The van der Waals surface area contributed by atoms with Crippen LogP contribution in [0.1, 0.15) is 44.6 Å². The van der Waals surface area contributed by atoms with Crippen LogP contribution >= 0.6 is 0 Å². The number of hydrogen-bond acceptors (Lipinski definition) is 2. The van der Waals surface area contributed by atoms with Gasteiger partial charge in [0.05, 0.1) is 11.3 Å². The summed E-state index contributed by atoms with van der Waals surface area (Å²) in [6.07, 6.45) is 5.87. The maximum atomic E-state index is 12.7. The Morgan fingerprint density at radius 3 is 2.65 bits per heavy atom. The number of ketones is 2. The molecule has 2 aliphatic carbocycles. The third-order valence-corrected chi connectivity index (χ3v) is 4.82. The van der Waals surface area contributed by atoms with E-state index in [0.29, 0.717) is 12.8 Å². The number of fused-ring (bicyclic) bond motifs is 2. The summed E-state index contributed by atoms with van der Waals surface area (Å²) in [5, 5.41) is 0. The summed E-state index contributed by atoms with van der Waals surface area (Å²) < 4.78 is 0. The summed E-state index contributed by atoms with van der Waals surface area (Å²) in [4.78, 5) is 25.2. The molecule has 0 spiro atoms. The average molecular weight is 268 g/mol. The molecule has 0 amide bonds. The van der Waals surface area contributed by atoms with Gasteiger partial charge in [0, 0.05) is 6.42 Å². The van der Waals surface area contributed by atoms with Crippen LogP contribution in [0, 0.1) is 11.3 Å². The van der Waals surface area contributed by atoms with Gasteiger partial charge in [0.25, 0.3) is 0 Å². The number of benzene rings is 1. The van der Waals surface area contributed by atoms with E-state index in [4.69, 9.17) is 0 Å². The average Bonchev–Trinajstić information content (AvgIpc) is 2.63. The maximum absolute atomic E-state index is 12.7. The standard InChI is InChI=1S/C18H20O2/c1-2-3-10-18-11-9-14(13-7-5-4-6-8-13)15(17(18)20)12-16(18)19/h4-9,15H,2-3,10-12H2,1H3. The quantitative estimate of drug-likeness (QED) is 0.778. The van der Waals surface area contributed by atoms with Crippen LogP contribution in [-0.4, -0.2) is 11.6 Å². The van der Waals surface area contributed by atoms with Gasteiger partial charge >= 0.3 is 0 Å². The first-order chi connectivity index (χ1) is 9.69. The summed E-state index contributed by atoms with van der Waals surface area (Å²) in [5.41, 5.74) is 1.47. The molecule has 1 saturated carbocycles. The molecule has 2 atom stereocenters. The number of rotatable bonds is 4. The molecule has 3 rings (SSSR count). The molecule has 0 radical (unpaired) electrons. The Morgan fingerprint density at radius 1 is 1.20 bits per heavy atom. The van der Waals surface area contributed by atoms with Crippen molar-refractivity contribution in [3.63, 3.8) is 0 Å². The summed E-state index contributed by atoms with van der Waals surface area (Å²) >= 11 is 0. The van der Waals surface area contributed by atoms with Crippen molar-refractivity contribution in [3.8, 4) is 0 Å². The minimum atomic E-state index is -0.682. The molecule has 20 heavy (non-hydrogen) atoms. The first-order valence-electron chi connectivity index (χ1n) is 7.52. The molecule has 0 aliphatic heterocycles. The molecule has 0 saturated heterocycles. The number of Topliss-reactive ketones (excluding diaryl/α,β-unsaturated/α-hetero) is 2. The molecule has 0 N–H and O–H groups in total. The zero-order valence-corrected chi connectivity index (χ0v) is 11.9. The highest BCUT2D eigenvalue weighted by Gasteiger charge is 2.56. The van der Waals surface area contributed by atoms with Gasteiger partial charge < -0.3 is 0 Å². The molecule has 2 aliphatic rings. The highest BCUT2D eigenvalue weighted by molar-refractivity contribution is 6.19. The fraction of sp³-hybridized carbons (Fsp3) is 0.444. The summed E-state index contributed by atoms with van der Waals surface area (Å²) in [6, 6.07) is 9.99. The van der Waals surface area contributed by atoms with E-state index in [-0.39, 0.29) is 17.5 Å². The van der Waals surface area contributed by atoms with E-state index in [0.717, 1.165) is 30.4 Å².